The summed E-state index contributed by atoms with van der Waals surface area (Å²) in [6.45, 7) is 1.23. The van der Waals surface area contributed by atoms with E-state index in [0.29, 0.717) is 5.54 Å². The van der Waals surface area contributed by atoms with Crippen LogP contribution in [0.5, 0.6) is 0 Å². The maximum Gasteiger partial charge on any atom is 0.0309 e. The lowest BCUT2D eigenvalue weighted by Crippen LogP contribution is -2.67. The Balaban J connectivity index is 1.70. The van der Waals surface area contributed by atoms with Crippen molar-refractivity contribution in [2.45, 2.75) is 69.0 Å². The van der Waals surface area contributed by atoms with Gasteiger partial charge in [-0.25, -0.2) is 0 Å². The molecule has 1 heterocycles. The van der Waals surface area contributed by atoms with Gasteiger partial charge >= 0.3 is 0 Å². The largest absolute Gasteiger partial charge is 0.311 e. The van der Waals surface area contributed by atoms with E-state index in [4.69, 9.17) is 0 Å². The standard InChI is InChI=1S/C12H22N2/c1-2-6-11-10(5-1)13-9-12(14-11)7-3-4-8-12/h10-11,13-14H,1-9H2/t10-,11?/m0/s1. The summed E-state index contributed by atoms with van der Waals surface area (Å²) in [5.41, 5.74) is 0.499. The van der Waals surface area contributed by atoms with Crippen molar-refractivity contribution < 1.29 is 0 Å². The van der Waals surface area contributed by atoms with Crippen LogP contribution in [0.1, 0.15) is 51.4 Å². The van der Waals surface area contributed by atoms with Crippen LogP contribution in [0.4, 0.5) is 0 Å². The molecule has 0 aromatic heterocycles. The van der Waals surface area contributed by atoms with Gasteiger partial charge in [-0.3, -0.25) is 0 Å². The maximum atomic E-state index is 3.97. The van der Waals surface area contributed by atoms with E-state index in [1.807, 2.05) is 0 Å². The molecule has 3 aliphatic rings. The fraction of sp³-hybridized carbons (Fsp3) is 1.00. The second-order valence-electron chi connectivity index (χ2n) is 5.51. The molecular weight excluding hydrogens is 172 g/mol. The second kappa shape index (κ2) is 3.49. The molecule has 0 bridgehead atoms. The van der Waals surface area contributed by atoms with Gasteiger partial charge in [0.1, 0.15) is 0 Å². The van der Waals surface area contributed by atoms with Crippen LogP contribution in [0.2, 0.25) is 0 Å². The highest BCUT2D eigenvalue weighted by Gasteiger charge is 2.41. The van der Waals surface area contributed by atoms with E-state index in [0.717, 1.165) is 12.1 Å². The molecule has 3 fully saturated rings. The van der Waals surface area contributed by atoms with Crippen LogP contribution < -0.4 is 10.6 Å². The summed E-state index contributed by atoms with van der Waals surface area (Å²) < 4.78 is 0. The molecule has 2 saturated carbocycles. The average molecular weight is 194 g/mol. The molecule has 0 aromatic carbocycles. The fourth-order valence-corrected chi connectivity index (χ4v) is 3.69. The molecule has 2 atom stereocenters. The lowest BCUT2D eigenvalue weighted by atomic mass is 9.83. The third-order valence-electron chi connectivity index (χ3n) is 4.52. The van der Waals surface area contributed by atoms with Crippen molar-refractivity contribution in [1.29, 1.82) is 0 Å². The van der Waals surface area contributed by atoms with E-state index in [9.17, 15) is 0 Å². The number of hydrogen-bond acceptors (Lipinski definition) is 2. The Hall–Kier alpha value is -0.0800. The summed E-state index contributed by atoms with van der Waals surface area (Å²) in [6.07, 6.45) is 11.4. The smallest absolute Gasteiger partial charge is 0.0309 e. The van der Waals surface area contributed by atoms with Crippen LogP contribution in [0.3, 0.4) is 0 Å². The summed E-state index contributed by atoms with van der Waals surface area (Å²) in [6, 6.07) is 1.57. The maximum absolute atomic E-state index is 3.97. The van der Waals surface area contributed by atoms with Crippen LogP contribution in [0.15, 0.2) is 0 Å². The molecule has 80 valence electrons. The van der Waals surface area contributed by atoms with Gasteiger partial charge in [0.05, 0.1) is 0 Å². The van der Waals surface area contributed by atoms with Crippen molar-refractivity contribution in [2.24, 2.45) is 0 Å². The molecule has 0 radical (unpaired) electrons. The number of nitrogens with one attached hydrogen (secondary N) is 2. The van der Waals surface area contributed by atoms with Gasteiger partial charge in [-0.2, -0.15) is 0 Å². The third-order valence-corrected chi connectivity index (χ3v) is 4.52. The Morgan fingerprint density at radius 2 is 1.57 bits per heavy atom. The number of rotatable bonds is 0. The van der Waals surface area contributed by atoms with Crippen LogP contribution in [-0.2, 0) is 0 Å². The summed E-state index contributed by atoms with van der Waals surface area (Å²) in [7, 11) is 0. The van der Waals surface area contributed by atoms with Gasteiger partial charge in [0, 0.05) is 24.2 Å². The molecule has 1 spiro atoms. The minimum Gasteiger partial charge on any atom is -0.311 e. The van der Waals surface area contributed by atoms with Crippen LogP contribution in [0, 0.1) is 0 Å². The highest BCUT2D eigenvalue weighted by atomic mass is 15.2. The first kappa shape index (κ1) is 9.17. The summed E-state index contributed by atoms with van der Waals surface area (Å²) >= 11 is 0. The first-order chi connectivity index (χ1) is 6.88. The van der Waals surface area contributed by atoms with E-state index in [1.54, 1.807) is 0 Å². The molecule has 1 saturated heterocycles. The quantitative estimate of drug-likeness (QED) is 0.614. The topological polar surface area (TPSA) is 24.1 Å². The Morgan fingerprint density at radius 1 is 0.857 bits per heavy atom. The third kappa shape index (κ3) is 1.49. The molecule has 14 heavy (non-hydrogen) atoms. The second-order valence-corrected chi connectivity index (χ2v) is 5.51. The van der Waals surface area contributed by atoms with E-state index in [-0.39, 0.29) is 0 Å². The van der Waals surface area contributed by atoms with Crippen LogP contribution in [0.25, 0.3) is 0 Å². The molecule has 2 N–H and O–H groups in total. The van der Waals surface area contributed by atoms with Crippen molar-refractivity contribution in [1.82, 2.24) is 10.6 Å². The number of fused-ring (bicyclic) bond motifs is 1. The zero-order valence-corrected chi connectivity index (χ0v) is 9.02. The molecule has 1 aliphatic heterocycles. The minimum absolute atomic E-state index is 0.499. The van der Waals surface area contributed by atoms with E-state index in [2.05, 4.69) is 10.6 Å². The predicted octanol–water partition coefficient (Wildman–Crippen LogP) is 1.80. The normalized spacial score (nSPS) is 41.1. The first-order valence-electron chi connectivity index (χ1n) is 6.39. The summed E-state index contributed by atoms with van der Waals surface area (Å²) in [5.74, 6) is 0. The summed E-state index contributed by atoms with van der Waals surface area (Å²) in [4.78, 5) is 0. The van der Waals surface area contributed by atoms with Gasteiger partial charge in [0.25, 0.3) is 0 Å². The van der Waals surface area contributed by atoms with Crippen molar-refractivity contribution in [3.63, 3.8) is 0 Å². The highest BCUT2D eigenvalue weighted by Crippen LogP contribution is 2.34. The molecule has 3 rings (SSSR count). The molecule has 2 heteroatoms. The average Bonchev–Trinajstić information content (AvgIpc) is 2.66. The number of hydrogen-bond donors (Lipinski definition) is 2. The molecule has 2 nitrogen and oxygen atoms in total. The van der Waals surface area contributed by atoms with Crippen molar-refractivity contribution in [2.75, 3.05) is 6.54 Å². The number of piperazine rings is 1. The molecule has 0 amide bonds. The fourth-order valence-electron chi connectivity index (χ4n) is 3.69. The Bertz CT molecular complexity index is 208. The molecule has 1 unspecified atom stereocenters. The molecule has 2 aliphatic carbocycles. The molecule has 0 aromatic rings. The van der Waals surface area contributed by atoms with Gasteiger partial charge in [-0.05, 0) is 25.7 Å². The Labute approximate surface area is 86.8 Å². The van der Waals surface area contributed by atoms with Crippen LogP contribution in [-0.4, -0.2) is 24.2 Å². The Kier molecular flexibility index (Phi) is 2.29. The SMILES string of the molecule is C1CC[C@@H]2NCC3(CCCC3)NC2C1. The lowest BCUT2D eigenvalue weighted by molar-refractivity contribution is 0.149. The summed E-state index contributed by atoms with van der Waals surface area (Å²) in [5, 5.41) is 7.76. The van der Waals surface area contributed by atoms with Gasteiger partial charge in [0.2, 0.25) is 0 Å². The van der Waals surface area contributed by atoms with Gasteiger partial charge in [-0.15, -0.1) is 0 Å². The Morgan fingerprint density at radius 3 is 2.36 bits per heavy atom. The highest BCUT2D eigenvalue weighted by molar-refractivity contribution is 5.04. The van der Waals surface area contributed by atoms with Gasteiger partial charge in [-0.1, -0.05) is 25.7 Å². The van der Waals surface area contributed by atoms with Crippen LogP contribution >= 0.6 is 0 Å². The van der Waals surface area contributed by atoms with Crippen molar-refractivity contribution >= 4 is 0 Å². The lowest BCUT2D eigenvalue weighted by Gasteiger charge is -2.47. The van der Waals surface area contributed by atoms with Gasteiger partial charge < -0.3 is 10.6 Å². The monoisotopic (exact) mass is 194 g/mol. The van der Waals surface area contributed by atoms with Gasteiger partial charge in [0.15, 0.2) is 0 Å². The first-order valence-corrected chi connectivity index (χ1v) is 6.39. The zero-order chi connectivity index (χ0) is 9.43. The van der Waals surface area contributed by atoms with Crippen molar-refractivity contribution in [3.05, 3.63) is 0 Å². The molecular formula is C12H22N2. The predicted molar refractivity (Wildman–Crippen MR) is 58.4 cm³/mol. The zero-order valence-electron chi connectivity index (χ0n) is 9.02. The van der Waals surface area contributed by atoms with E-state index >= 15 is 0 Å². The van der Waals surface area contributed by atoms with E-state index in [1.165, 1.54) is 57.9 Å². The minimum atomic E-state index is 0.499. The van der Waals surface area contributed by atoms with E-state index < -0.39 is 0 Å². The van der Waals surface area contributed by atoms with Crippen molar-refractivity contribution in [3.8, 4) is 0 Å².